The van der Waals surface area contributed by atoms with Gasteiger partial charge in [-0.2, -0.15) is 3.89 Å². The second kappa shape index (κ2) is 16.7. The van der Waals surface area contributed by atoms with Crippen LogP contribution in [0.4, 0.5) is 15.3 Å². The maximum Gasteiger partial charge on any atom is 0.258 e. The van der Waals surface area contributed by atoms with Crippen LogP contribution in [0.1, 0.15) is 15.9 Å². The Morgan fingerprint density at radius 1 is 1.10 bits per heavy atom. The average Bonchev–Trinajstić information content (AvgIpc) is 3.08. The number of benzene rings is 2. The second-order valence-electron chi connectivity index (χ2n) is 5.00. The Morgan fingerprint density at radius 2 is 1.80 bits per heavy atom. The van der Waals surface area contributed by atoms with E-state index in [-0.39, 0.29) is 50.8 Å². The zero-order valence-electron chi connectivity index (χ0n) is 14.8. The van der Waals surface area contributed by atoms with Crippen LogP contribution in [0.2, 0.25) is 0 Å². The number of amides is 2. The number of fused-ring (bicyclic) bond motifs is 1. The molecule has 30 heavy (non-hydrogen) atoms. The van der Waals surface area contributed by atoms with Gasteiger partial charge in [0.05, 0.1) is 25.1 Å². The van der Waals surface area contributed by atoms with Crippen LogP contribution in [0, 0.1) is 0 Å². The fourth-order valence-electron chi connectivity index (χ4n) is 2.39. The molecule has 2 amide bonds. The third kappa shape index (κ3) is 9.20. The van der Waals surface area contributed by atoms with Crippen molar-refractivity contribution in [3.05, 3.63) is 53.6 Å². The largest absolute Gasteiger partial charge is 0.706 e. The van der Waals surface area contributed by atoms with Crippen molar-refractivity contribution < 1.29 is 46.2 Å². The van der Waals surface area contributed by atoms with Crippen LogP contribution < -0.4 is 15.4 Å². The first kappa shape index (κ1) is 29.2. The third-order valence-electron chi connectivity index (χ3n) is 3.49. The van der Waals surface area contributed by atoms with Crippen LogP contribution in [0.5, 0.6) is 0 Å². The Morgan fingerprint density at radius 3 is 2.40 bits per heavy atom. The summed E-state index contributed by atoms with van der Waals surface area (Å²) in [5, 5.41) is 7.56. The summed E-state index contributed by atoms with van der Waals surface area (Å²) in [4.78, 5) is 24.8. The van der Waals surface area contributed by atoms with Crippen molar-refractivity contribution in [1.82, 2.24) is 0 Å². The van der Waals surface area contributed by atoms with Gasteiger partial charge in [0.25, 0.3) is 5.91 Å². The molecule has 0 unspecified atom stereocenters. The summed E-state index contributed by atoms with van der Waals surface area (Å²) < 4.78 is 12.4. The molecule has 0 saturated heterocycles. The molecule has 15 heteroatoms. The molecule has 159 valence electrons. The fourth-order valence-corrected chi connectivity index (χ4v) is 12.1. The predicted octanol–water partition coefficient (Wildman–Crippen LogP) is 6.60. The quantitative estimate of drug-likeness (QED) is 0.0787. The van der Waals surface area contributed by atoms with Crippen molar-refractivity contribution in [2.75, 3.05) is 10.2 Å². The Balaban J connectivity index is 0.000000431. The van der Waals surface area contributed by atoms with Crippen molar-refractivity contribution in [3.63, 3.8) is 0 Å². The molecule has 1 radical (unpaired) electrons. The average molecular weight is 631 g/mol. The minimum absolute atomic E-state index is 0. The summed E-state index contributed by atoms with van der Waals surface area (Å²) in [5.74, 6) is -0.104. The molecule has 0 saturated carbocycles. The molecule has 0 spiro atoms. The topological polar surface area (TPSA) is 75.4 Å². The SMILES string of the molecule is NSSSSSS[S-].O=[C-]Nc1ccc2c(c1)CN(c1ccc(SF)cc1)C2=O.[Y]. The summed E-state index contributed by atoms with van der Waals surface area (Å²) in [6, 6.07) is 11.8. The summed E-state index contributed by atoms with van der Waals surface area (Å²) in [7, 11) is 8.95. The molecule has 0 fully saturated rings. The number of carbonyl (C=O) groups is 1. The zero-order valence-corrected chi connectivity index (χ0v) is 24.2. The van der Waals surface area contributed by atoms with Crippen molar-refractivity contribution in [2.24, 2.45) is 5.14 Å². The summed E-state index contributed by atoms with van der Waals surface area (Å²) in [6.45, 7) is 0.421. The molecule has 1 heterocycles. The number of hydrogen-bond donors (Lipinski definition) is 2. The Kier molecular flexibility index (Phi) is 16.3. The molecule has 0 bridgehead atoms. The minimum Gasteiger partial charge on any atom is -0.706 e. The van der Waals surface area contributed by atoms with Gasteiger partial charge < -0.3 is 26.7 Å². The smallest absolute Gasteiger partial charge is 0.258 e. The van der Waals surface area contributed by atoms with Crippen LogP contribution in [-0.2, 0) is 55.7 Å². The van der Waals surface area contributed by atoms with E-state index in [0.717, 1.165) is 5.56 Å². The number of nitrogens with one attached hydrogen (secondary N) is 1. The number of hydrogen-bond acceptors (Lipinski definition) is 11. The van der Waals surface area contributed by atoms with Gasteiger partial charge in [-0.15, -0.1) is 17.8 Å². The van der Waals surface area contributed by atoms with Gasteiger partial charge in [-0.1, -0.05) is 6.07 Å². The minimum atomic E-state index is -0.104. The van der Waals surface area contributed by atoms with Crippen LogP contribution in [0.15, 0.2) is 47.4 Å². The molecule has 3 N–H and O–H groups in total. The number of rotatable bonds is 9. The van der Waals surface area contributed by atoms with Gasteiger partial charge in [0, 0.05) is 68.5 Å². The van der Waals surface area contributed by atoms with Gasteiger partial charge in [-0.3, -0.25) is 19.8 Å². The van der Waals surface area contributed by atoms with E-state index in [1.807, 2.05) is 0 Å². The molecule has 5 nitrogen and oxygen atoms in total. The van der Waals surface area contributed by atoms with Gasteiger partial charge in [0.2, 0.25) is 0 Å². The summed E-state index contributed by atoms with van der Waals surface area (Å²) in [5.41, 5.74) is 2.76. The number of carbonyl (C=O) groups excluding carboxylic acids is 2. The van der Waals surface area contributed by atoms with Crippen LogP contribution in [-0.4, -0.2) is 12.3 Å². The van der Waals surface area contributed by atoms with E-state index in [0.29, 0.717) is 28.4 Å². The van der Waals surface area contributed by atoms with Gasteiger partial charge in [0.15, 0.2) is 0 Å². The Hall–Kier alpha value is 1.17. The number of nitrogens with zero attached hydrogens (tertiary/aromatic N) is 1. The number of anilines is 2. The molecule has 0 atom stereocenters. The Bertz CT molecular complexity index is 815. The van der Waals surface area contributed by atoms with Gasteiger partial charge in [0.1, 0.15) is 0 Å². The van der Waals surface area contributed by atoms with Gasteiger partial charge in [-0.25, -0.2) is 0 Å². The summed E-state index contributed by atoms with van der Waals surface area (Å²) in [6.07, 6.45) is 1.61. The van der Waals surface area contributed by atoms with E-state index < -0.39 is 0 Å². The van der Waals surface area contributed by atoms with E-state index in [9.17, 15) is 13.5 Å². The fraction of sp³-hybridized carbons (Fsp3) is 0.0667. The molecule has 1 aliphatic heterocycles. The van der Waals surface area contributed by atoms with Crippen LogP contribution in [0.3, 0.4) is 0 Å². The first-order chi connectivity index (χ1) is 14.1. The molecule has 1 aliphatic rings. The monoisotopic (exact) mass is 630 g/mol. The molecular weight excluding hydrogens is 619 g/mol. The van der Waals surface area contributed by atoms with Gasteiger partial charge >= 0.3 is 0 Å². The maximum absolute atomic E-state index is 12.4. The molecule has 2 aromatic carbocycles. The van der Waals surface area contributed by atoms with Gasteiger partial charge in [-0.05, 0) is 60.5 Å². The van der Waals surface area contributed by atoms with Crippen molar-refractivity contribution >= 4 is 108 Å². The first-order valence-corrected chi connectivity index (χ1v) is 16.6. The predicted molar refractivity (Wildman–Crippen MR) is 137 cm³/mol. The second-order valence-corrected chi connectivity index (χ2v) is 15.2. The Labute approximate surface area is 231 Å². The maximum atomic E-state index is 12.4. The molecule has 0 aromatic heterocycles. The van der Waals surface area contributed by atoms with Crippen molar-refractivity contribution in [2.45, 2.75) is 11.4 Å². The molecule has 0 aliphatic carbocycles. The van der Waals surface area contributed by atoms with Crippen LogP contribution in [0.25, 0.3) is 0 Å². The zero-order chi connectivity index (χ0) is 21.1. The molecule has 2 aromatic rings. The van der Waals surface area contributed by atoms with Crippen molar-refractivity contribution in [3.8, 4) is 0 Å². The number of nitrogens with two attached hydrogens (primary N) is 1. The van der Waals surface area contributed by atoms with E-state index in [4.69, 9.17) is 5.14 Å². The first-order valence-electron chi connectivity index (χ1n) is 7.43. The van der Waals surface area contributed by atoms with E-state index in [1.54, 1.807) is 93.1 Å². The standard InChI is InChI=1S/C15H10FN2O2S.H3NS7.Y/c16-21-13-4-2-12(3-5-13)18-8-10-7-11(17-9-19)1-6-14(10)15(18)20;1-3-5-7-8-6-4-2;/h1-7H,8H2,(H,17,19);2H,1H2;/q-1;;/p-1. The molecule has 3 rings (SSSR count). The van der Waals surface area contributed by atoms with Crippen molar-refractivity contribution in [1.29, 1.82) is 0 Å². The number of halogens is 1. The normalized spacial score (nSPS) is 11.8. The third-order valence-corrected chi connectivity index (χ3v) is 13.9. The van der Waals surface area contributed by atoms with E-state index >= 15 is 0 Å². The summed E-state index contributed by atoms with van der Waals surface area (Å²) >= 11 is 4.77. The van der Waals surface area contributed by atoms with Crippen LogP contribution >= 0.6 is 72.3 Å². The molecular formula is C15H12FN3O2S8Y-2. The van der Waals surface area contributed by atoms with E-state index in [2.05, 4.69) is 17.0 Å². The van der Waals surface area contributed by atoms with E-state index in [1.165, 1.54) is 20.8 Å².